The summed E-state index contributed by atoms with van der Waals surface area (Å²) in [5.41, 5.74) is -1.69. The summed E-state index contributed by atoms with van der Waals surface area (Å²) in [6, 6.07) is 6.29. The van der Waals surface area contributed by atoms with Crippen molar-refractivity contribution in [1.29, 1.82) is 0 Å². The highest BCUT2D eigenvalue weighted by Gasteiger charge is 2.48. The average molecular weight is 351 g/mol. The number of carbonyl (C=O) groups excluding carboxylic acids is 1. The molecular weight excluding hydrogens is 334 g/mol. The fraction of sp³-hybridized carbons (Fsp3) is 0.500. The molecule has 1 N–H and O–H groups in total. The van der Waals surface area contributed by atoms with Crippen LogP contribution in [-0.4, -0.2) is 24.1 Å². The molecule has 20 heavy (non-hydrogen) atoms. The SMILES string of the molecule is CCOC(=O)C(C(F)F)C(O)(CC)c1ccc(Br)cc1. The number of rotatable bonds is 6. The van der Waals surface area contributed by atoms with Gasteiger partial charge < -0.3 is 9.84 Å². The summed E-state index contributed by atoms with van der Waals surface area (Å²) in [5, 5.41) is 10.6. The van der Waals surface area contributed by atoms with Gasteiger partial charge >= 0.3 is 5.97 Å². The summed E-state index contributed by atoms with van der Waals surface area (Å²) in [6.45, 7) is 3.07. The fourth-order valence-corrected chi connectivity index (χ4v) is 2.34. The summed E-state index contributed by atoms with van der Waals surface area (Å²) in [5.74, 6) is -3.00. The minimum Gasteiger partial charge on any atom is -0.466 e. The Bertz CT molecular complexity index is 450. The maximum Gasteiger partial charge on any atom is 0.318 e. The van der Waals surface area contributed by atoms with Crippen molar-refractivity contribution in [2.75, 3.05) is 6.61 Å². The highest BCUT2D eigenvalue weighted by atomic mass is 79.9. The van der Waals surface area contributed by atoms with E-state index in [0.717, 1.165) is 4.47 Å². The Hall–Kier alpha value is -1.01. The highest BCUT2D eigenvalue weighted by molar-refractivity contribution is 9.10. The standard InChI is InChI=1S/C14H17BrF2O3/c1-3-14(19,9-5-7-10(15)8-6-9)11(12(16)17)13(18)20-4-2/h5-8,11-12,19H,3-4H2,1-2H3. The second kappa shape index (κ2) is 7.13. The van der Waals surface area contributed by atoms with Gasteiger partial charge in [0.05, 0.1) is 6.61 Å². The minimum atomic E-state index is -3.01. The Morgan fingerprint density at radius 2 is 1.90 bits per heavy atom. The minimum absolute atomic E-state index is 0.0117. The number of hydrogen-bond acceptors (Lipinski definition) is 3. The lowest BCUT2D eigenvalue weighted by molar-refractivity contribution is -0.172. The van der Waals surface area contributed by atoms with E-state index in [2.05, 4.69) is 20.7 Å². The van der Waals surface area contributed by atoms with Crippen molar-refractivity contribution in [3.8, 4) is 0 Å². The number of hydrogen-bond donors (Lipinski definition) is 1. The second-order valence-electron chi connectivity index (χ2n) is 4.35. The van der Waals surface area contributed by atoms with Gasteiger partial charge in [0, 0.05) is 4.47 Å². The lowest BCUT2D eigenvalue weighted by atomic mass is 9.79. The Morgan fingerprint density at radius 1 is 1.35 bits per heavy atom. The van der Waals surface area contributed by atoms with Crippen molar-refractivity contribution < 1.29 is 23.4 Å². The summed E-state index contributed by atoms with van der Waals surface area (Å²) in [6.07, 6.45) is -3.04. The zero-order valence-electron chi connectivity index (χ0n) is 11.3. The second-order valence-corrected chi connectivity index (χ2v) is 5.26. The Balaban J connectivity index is 3.23. The molecular formula is C14H17BrF2O3. The zero-order chi connectivity index (χ0) is 15.3. The first-order valence-electron chi connectivity index (χ1n) is 6.30. The monoisotopic (exact) mass is 350 g/mol. The smallest absolute Gasteiger partial charge is 0.318 e. The number of carbonyl (C=O) groups is 1. The lowest BCUT2D eigenvalue weighted by Crippen LogP contribution is -2.44. The van der Waals surface area contributed by atoms with Crippen LogP contribution in [0.2, 0.25) is 0 Å². The Kier molecular flexibility index (Phi) is 6.07. The van der Waals surface area contributed by atoms with Crippen molar-refractivity contribution in [2.45, 2.75) is 32.3 Å². The molecule has 0 aliphatic rings. The normalized spacial score (nSPS) is 15.8. The van der Waals surface area contributed by atoms with Gasteiger partial charge in [0.1, 0.15) is 5.60 Å². The van der Waals surface area contributed by atoms with Crippen LogP contribution in [-0.2, 0) is 15.1 Å². The average Bonchev–Trinajstić information content (AvgIpc) is 2.39. The predicted octanol–water partition coefficient (Wildman–Crippen LogP) is 3.49. The molecule has 0 radical (unpaired) electrons. The van der Waals surface area contributed by atoms with Crippen LogP contribution < -0.4 is 0 Å². The van der Waals surface area contributed by atoms with E-state index in [0.29, 0.717) is 0 Å². The first-order chi connectivity index (χ1) is 9.36. The summed E-state index contributed by atoms with van der Waals surface area (Å²) < 4.78 is 31.9. The highest BCUT2D eigenvalue weighted by Crippen LogP contribution is 2.38. The van der Waals surface area contributed by atoms with Crippen LogP contribution in [0.25, 0.3) is 0 Å². The summed E-state index contributed by atoms with van der Waals surface area (Å²) in [4.78, 5) is 11.8. The Morgan fingerprint density at radius 3 is 2.30 bits per heavy atom. The third-order valence-corrected chi connectivity index (χ3v) is 3.72. The van der Waals surface area contributed by atoms with Crippen LogP contribution in [0.15, 0.2) is 28.7 Å². The van der Waals surface area contributed by atoms with Crippen LogP contribution in [0.5, 0.6) is 0 Å². The van der Waals surface area contributed by atoms with Crippen LogP contribution in [0, 0.1) is 5.92 Å². The number of aliphatic hydroxyl groups is 1. The number of benzene rings is 1. The van der Waals surface area contributed by atoms with Crippen molar-refractivity contribution in [3.05, 3.63) is 34.3 Å². The molecule has 0 aliphatic heterocycles. The van der Waals surface area contributed by atoms with Crippen LogP contribution in [0.3, 0.4) is 0 Å². The van der Waals surface area contributed by atoms with Crippen molar-refractivity contribution in [3.63, 3.8) is 0 Å². The molecule has 0 spiro atoms. The molecule has 3 nitrogen and oxygen atoms in total. The molecule has 0 heterocycles. The third kappa shape index (κ3) is 3.55. The van der Waals surface area contributed by atoms with Crippen molar-refractivity contribution >= 4 is 21.9 Å². The molecule has 0 fully saturated rings. The van der Waals surface area contributed by atoms with E-state index in [-0.39, 0.29) is 18.6 Å². The largest absolute Gasteiger partial charge is 0.466 e. The molecule has 0 saturated heterocycles. The number of ether oxygens (including phenoxy) is 1. The Labute approximate surface area is 125 Å². The van der Waals surface area contributed by atoms with E-state index in [9.17, 15) is 18.7 Å². The topological polar surface area (TPSA) is 46.5 Å². The molecule has 0 aliphatic carbocycles. The molecule has 0 saturated carbocycles. The van der Waals surface area contributed by atoms with Gasteiger partial charge in [-0.1, -0.05) is 35.0 Å². The molecule has 1 aromatic rings. The molecule has 0 amide bonds. The van der Waals surface area contributed by atoms with E-state index in [1.54, 1.807) is 19.1 Å². The predicted molar refractivity (Wildman–Crippen MR) is 74.5 cm³/mol. The van der Waals surface area contributed by atoms with Gasteiger partial charge in [0.25, 0.3) is 6.43 Å². The lowest BCUT2D eigenvalue weighted by Gasteiger charge is -2.34. The molecule has 1 aromatic carbocycles. The molecule has 2 atom stereocenters. The number of esters is 1. The van der Waals surface area contributed by atoms with Gasteiger partial charge in [0.15, 0.2) is 5.92 Å². The quantitative estimate of drug-likeness (QED) is 0.798. The van der Waals surface area contributed by atoms with E-state index in [1.807, 2.05) is 0 Å². The number of halogens is 3. The van der Waals surface area contributed by atoms with Crippen LogP contribution >= 0.6 is 15.9 Å². The van der Waals surface area contributed by atoms with Gasteiger partial charge in [-0.05, 0) is 31.0 Å². The molecule has 0 aromatic heterocycles. The molecule has 1 rings (SSSR count). The summed E-state index contributed by atoms with van der Waals surface area (Å²) in [7, 11) is 0. The van der Waals surface area contributed by atoms with Gasteiger partial charge in [-0.3, -0.25) is 4.79 Å². The summed E-state index contributed by atoms with van der Waals surface area (Å²) >= 11 is 3.23. The third-order valence-electron chi connectivity index (χ3n) is 3.19. The molecule has 112 valence electrons. The van der Waals surface area contributed by atoms with Crippen molar-refractivity contribution in [2.24, 2.45) is 5.92 Å². The maximum atomic E-state index is 13.3. The van der Waals surface area contributed by atoms with E-state index >= 15 is 0 Å². The van der Waals surface area contributed by atoms with Gasteiger partial charge in [-0.25, -0.2) is 8.78 Å². The first-order valence-corrected chi connectivity index (χ1v) is 7.09. The van der Waals surface area contributed by atoms with Gasteiger partial charge in [-0.15, -0.1) is 0 Å². The van der Waals surface area contributed by atoms with E-state index < -0.39 is 23.9 Å². The molecule has 6 heteroatoms. The van der Waals surface area contributed by atoms with Gasteiger partial charge in [0.2, 0.25) is 0 Å². The van der Waals surface area contributed by atoms with Gasteiger partial charge in [-0.2, -0.15) is 0 Å². The fourth-order valence-electron chi connectivity index (χ4n) is 2.08. The van der Waals surface area contributed by atoms with E-state index in [4.69, 9.17) is 0 Å². The van der Waals surface area contributed by atoms with Crippen LogP contribution in [0.4, 0.5) is 8.78 Å². The maximum absolute atomic E-state index is 13.3. The first kappa shape index (κ1) is 17.0. The molecule has 2 unspecified atom stereocenters. The molecule has 0 bridgehead atoms. The van der Waals surface area contributed by atoms with Crippen LogP contribution in [0.1, 0.15) is 25.8 Å². The zero-order valence-corrected chi connectivity index (χ0v) is 12.9. The van der Waals surface area contributed by atoms with E-state index in [1.165, 1.54) is 19.1 Å². The van der Waals surface area contributed by atoms with Crippen molar-refractivity contribution in [1.82, 2.24) is 0 Å². The number of alkyl halides is 2.